The predicted molar refractivity (Wildman–Crippen MR) is 93.2 cm³/mol. The summed E-state index contributed by atoms with van der Waals surface area (Å²) in [6, 6.07) is 7.96. The summed E-state index contributed by atoms with van der Waals surface area (Å²) >= 11 is 3.27. The highest BCUT2D eigenvalue weighted by Crippen LogP contribution is 2.29. The highest BCUT2D eigenvalue weighted by molar-refractivity contribution is 9.09. The molecule has 0 atom stereocenters. The molecular weight excluding hydrogens is 366 g/mol. The smallest absolute Gasteiger partial charge is 0.213 e. The Bertz CT molecular complexity index is 573. The minimum atomic E-state index is -3.14. The van der Waals surface area contributed by atoms with Gasteiger partial charge < -0.3 is 4.74 Å². The molecule has 22 heavy (non-hydrogen) atoms. The van der Waals surface area contributed by atoms with Crippen LogP contribution in [-0.2, 0) is 16.4 Å². The average Bonchev–Trinajstić information content (AvgIpc) is 3.33. The van der Waals surface area contributed by atoms with Gasteiger partial charge >= 0.3 is 0 Å². The first kappa shape index (κ1) is 17.8. The summed E-state index contributed by atoms with van der Waals surface area (Å²) < 4.78 is 31.3. The van der Waals surface area contributed by atoms with Crippen molar-refractivity contribution in [3.8, 4) is 5.75 Å². The topological polar surface area (TPSA) is 46.6 Å². The van der Waals surface area contributed by atoms with E-state index in [2.05, 4.69) is 15.9 Å². The number of benzene rings is 1. The van der Waals surface area contributed by atoms with Crippen molar-refractivity contribution >= 4 is 26.0 Å². The van der Waals surface area contributed by atoms with Crippen molar-refractivity contribution in [3.63, 3.8) is 0 Å². The number of rotatable bonds is 10. The van der Waals surface area contributed by atoms with Crippen LogP contribution < -0.4 is 4.74 Å². The van der Waals surface area contributed by atoms with Gasteiger partial charge in [-0.3, -0.25) is 0 Å². The molecule has 2 rings (SSSR count). The summed E-state index contributed by atoms with van der Waals surface area (Å²) in [7, 11) is -1.49. The van der Waals surface area contributed by atoms with E-state index >= 15 is 0 Å². The highest BCUT2D eigenvalue weighted by atomic mass is 79.9. The molecule has 1 saturated carbocycles. The fourth-order valence-corrected chi connectivity index (χ4v) is 3.95. The zero-order chi connectivity index (χ0) is 16.0. The molecule has 0 radical (unpaired) electrons. The molecule has 1 aliphatic carbocycles. The molecule has 0 amide bonds. The second-order valence-corrected chi connectivity index (χ2v) is 8.82. The summed E-state index contributed by atoms with van der Waals surface area (Å²) in [4.78, 5) is 0. The van der Waals surface area contributed by atoms with Crippen molar-refractivity contribution in [3.05, 3.63) is 29.8 Å². The Kier molecular flexibility index (Phi) is 6.71. The molecule has 0 aromatic heterocycles. The molecule has 1 fully saturated rings. The zero-order valence-electron chi connectivity index (χ0n) is 13.0. The monoisotopic (exact) mass is 389 g/mol. The number of alkyl halides is 1. The molecule has 6 heteroatoms. The van der Waals surface area contributed by atoms with Gasteiger partial charge in [-0.1, -0.05) is 28.1 Å². The van der Waals surface area contributed by atoms with E-state index in [9.17, 15) is 8.42 Å². The first-order valence-corrected chi connectivity index (χ1v) is 10.5. The van der Waals surface area contributed by atoms with E-state index in [0.29, 0.717) is 24.7 Å². The molecule has 1 aliphatic rings. The number of sulfonamides is 1. The molecule has 4 nitrogen and oxygen atoms in total. The molecule has 1 aromatic rings. The molecule has 0 N–H and O–H groups in total. The van der Waals surface area contributed by atoms with Crippen molar-refractivity contribution in [2.24, 2.45) is 5.92 Å². The third-order valence-electron chi connectivity index (χ3n) is 3.81. The quantitative estimate of drug-likeness (QED) is 0.577. The second-order valence-electron chi connectivity index (χ2n) is 5.83. The lowest BCUT2D eigenvalue weighted by molar-refractivity contribution is 0.299. The van der Waals surface area contributed by atoms with Gasteiger partial charge in [-0.05, 0) is 49.3 Å². The van der Waals surface area contributed by atoms with E-state index in [4.69, 9.17) is 4.74 Å². The van der Waals surface area contributed by atoms with Crippen LogP contribution in [0.4, 0.5) is 0 Å². The van der Waals surface area contributed by atoms with Gasteiger partial charge in [-0.25, -0.2) is 12.7 Å². The summed E-state index contributed by atoms with van der Waals surface area (Å²) in [5, 5.41) is 0.709. The van der Waals surface area contributed by atoms with Gasteiger partial charge in [0.1, 0.15) is 5.75 Å². The first-order chi connectivity index (χ1) is 10.5. The van der Waals surface area contributed by atoms with Crippen LogP contribution in [0.25, 0.3) is 0 Å². The molecule has 0 spiro atoms. The van der Waals surface area contributed by atoms with Crippen molar-refractivity contribution in [2.45, 2.75) is 25.7 Å². The van der Waals surface area contributed by atoms with Gasteiger partial charge in [0.05, 0.1) is 12.4 Å². The van der Waals surface area contributed by atoms with Gasteiger partial charge in [-0.2, -0.15) is 0 Å². The van der Waals surface area contributed by atoms with Crippen LogP contribution in [0.5, 0.6) is 5.75 Å². The Hall–Kier alpha value is -0.590. The van der Waals surface area contributed by atoms with Crippen molar-refractivity contribution < 1.29 is 13.2 Å². The third kappa shape index (κ3) is 5.89. The highest BCUT2D eigenvalue weighted by Gasteiger charge is 2.22. The molecule has 124 valence electrons. The van der Waals surface area contributed by atoms with E-state index in [0.717, 1.165) is 23.8 Å². The molecule has 0 saturated heterocycles. The van der Waals surface area contributed by atoms with Gasteiger partial charge in [0.2, 0.25) is 10.0 Å². The Balaban J connectivity index is 1.83. The maximum Gasteiger partial charge on any atom is 0.213 e. The Morgan fingerprint density at radius 1 is 1.36 bits per heavy atom. The third-order valence-corrected chi connectivity index (χ3v) is 6.30. The lowest BCUT2D eigenvalue weighted by Crippen LogP contribution is -2.31. The van der Waals surface area contributed by atoms with Crippen molar-refractivity contribution in [1.82, 2.24) is 4.31 Å². The fourth-order valence-electron chi connectivity index (χ4n) is 2.11. The summed E-state index contributed by atoms with van der Waals surface area (Å²) in [5.74, 6) is 1.81. The number of halogens is 1. The standard InChI is InChI=1S/C16H24BrNO3S/c1-18(22(19,20)11-3-9-17)10-8-14-4-2-5-16(12-14)21-13-15-6-7-15/h2,4-5,12,15H,3,6-11,13H2,1H3. The Labute approximate surface area is 142 Å². The van der Waals surface area contributed by atoms with Gasteiger partial charge in [0.25, 0.3) is 0 Å². The number of ether oxygens (including phenoxy) is 1. The first-order valence-electron chi connectivity index (χ1n) is 7.73. The zero-order valence-corrected chi connectivity index (χ0v) is 15.4. The van der Waals surface area contributed by atoms with Crippen LogP contribution in [0, 0.1) is 5.92 Å². The van der Waals surface area contributed by atoms with E-state index in [1.165, 1.54) is 17.1 Å². The van der Waals surface area contributed by atoms with E-state index in [1.54, 1.807) is 7.05 Å². The fraction of sp³-hybridized carbons (Fsp3) is 0.625. The second kappa shape index (κ2) is 8.31. The Morgan fingerprint density at radius 2 is 2.14 bits per heavy atom. The molecular formula is C16H24BrNO3S. The van der Waals surface area contributed by atoms with Gasteiger partial charge in [0.15, 0.2) is 0 Å². The maximum absolute atomic E-state index is 12.0. The van der Waals surface area contributed by atoms with Crippen LogP contribution in [0.2, 0.25) is 0 Å². The number of hydrogen-bond acceptors (Lipinski definition) is 3. The SMILES string of the molecule is CN(CCc1cccc(OCC2CC2)c1)S(=O)(=O)CCCBr. The lowest BCUT2D eigenvalue weighted by atomic mass is 10.1. The maximum atomic E-state index is 12.0. The van der Waals surface area contributed by atoms with E-state index in [-0.39, 0.29) is 5.75 Å². The van der Waals surface area contributed by atoms with Crippen molar-refractivity contribution in [2.75, 3.05) is 31.3 Å². The predicted octanol–water partition coefficient (Wildman–Crippen LogP) is 3.06. The summed E-state index contributed by atoms with van der Waals surface area (Å²) in [5.41, 5.74) is 1.11. The number of hydrogen-bond donors (Lipinski definition) is 0. The largest absolute Gasteiger partial charge is 0.493 e. The Morgan fingerprint density at radius 3 is 2.82 bits per heavy atom. The number of likely N-dealkylation sites (N-methyl/N-ethyl adjacent to an activating group) is 1. The summed E-state index contributed by atoms with van der Waals surface area (Å²) in [6.45, 7) is 1.29. The normalized spacial score (nSPS) is 15.2. The van der Waals surface area contributed by atoms with Gasteiger partial charge in [-0.15, -0.1) is 0 Å². The van der Waals surface area contributed by atoms with Gasteiger partial charge in [0, 0.05) is 18.9 Å². The number of nitrogens with zero attached hydrogens (tertiary/aromatic N) is 1. The molecule has 0 heterocycles. The molecule has 0 aliphatic heterocycles. The summed E-state index contributed by atoms with van der Waals surface area (Å²) in [6.07, 6.45) is 3.88. The van der Waals surface area contributed by atoms with Crippen LogP contribution in [-0.4, -0.2) is 44.0 Å². The molecule has 1 aromatic carbocycles. The lowest BCUT2D eigenvalue weighted by Gasteiger charge is -2.17. The van der Waals surface area contributed by atoms with Crippen LogP contribution in [0.1, 0.15) is 24.8 Å². The minimum Gasteiger partial charge on any atom is -0.493 e. The van der Waals surface area contributed by atoms with Crippen LogP contribution in [0.15, 0.2) is 24.3 Å². The minimum absolute atomic E-state index is 0.194. The van der Waals surface area contributed by atoms with Crippen LogP contribution >= 0.6 is 15.9 Å². The molecule has 0 unspecified atom stereocenters. The van der Waals surface area contributed by atoms with E-state index < -0.39 is 10.0 Å². The average molecular weight is 390 g/mol. The van der Waals surface area contributed by atoms with Crippen LogP contribution in [0.3, 0.4) is 0 Å². The molecule has 0 bridgehead atoms. The van der Waals surface area contributed by atoms with E-state index in [1.807, 2.05) is 24.3 Å². The van der Waals surface area contributed by atoms with Crippen molar-refractivity contribution in [1.29, 1.82) is 0 Å².